The number of fused-ring (bicyclic) bond motifs is 1. The summed E-state index contributed by atoms with van der Waals surface area (Å²) in [7, 11) is 1.46. The van der Waals surface area contributed by atoms with Gasteiger partial charge >= 0.3 is 5.97 Å². The molecular weight excluding hydrogens is 264 g/mol. The van der Waals surface area contributed by atoms with Crippen molar-refractivity contribution in [2.24, 2.45) is 0 Å². The number of aryl methyl sites for hydroxylation is 2. The van der Waals surface area contributed by atoms with Gasteiger partial charge in [-0.3, -0.25) is 4.79 Å². The largest absolute Gasteiger partial charge is 0.469 e. The minimum atomic E-state index is -0.177. The van der Waals surface area contributed by atoms with E-state index in [9.17, 15) is 4.79 Å². The predicted molar refractivity (Wildman–Crippen MR) is 80.2 cm³/mol. The van der Waals surface area contributed by atoms with Crippen molar-refractivity contribution in [3.05, 3.63) is 53.1 Å². The van der Waals surface area contributed by atoms with Crippen molar-refractivity contribution in [1.29, 1.82) is 0 Å². The van der Waals surface area contributed by atoms with Crippen molar-refractivity contribution >= 4 is 5.97 Å². The summed E-state index contributed by atoms with van der Waals surface area (Å²) in [4.78, 5) is 16.7. The van der Waals surface area contributed by atoms with Crippen LogP contribution in [0.3, 0.4) is 0 Å². The third-order valence-electron chi connectivity index (χ3n) is 4.18. The Morgan fingerprint density at radius 3 is 2.86 bits per heavy atom. The van der Waals surface area contributed by atoms with Crippen LogP contribution in [0.1, 0.15) is 41.5 Å². The molecule has 0 saturated heterocycles. The van der Waals surface area contributed by atoms with Gasteiger partial charge in [0.15, 0.2) is 0 Å². The molecule has 0 bridgehead atoms. The lowest BCUT2D eigenvalue weighted by molar-refractivity contribution is -0.143. The first-order chi connectivity index (χ1) is 10.2. The summed E-state index contributed by atoms with van der Waals surface area (Å²) in [5.41, 5.74) is 3.33. The van der Waals surface area contributed by atoms with E-state index < -0.39 is 0 Å². The van der Waals surface area contributed by atoms with Gasteiger partial charge in [0.1, 0.15) is 5.82 Å². The lowest BCUT2D eigenvalue weighted by Crippen LogP contribution is -2.23. The Kier molecular flexibility index (Phi) is 3.78. The van der Waals surface area contributed by atoms with Gasteiger partial charge in [-0.25, -0.2) is 4.98 Å². The number of carbonyl (C=O) groups excluding carboxylic acids is 1. The summed E-state index contributed by atoms with van der Waals surface area (Å²) >= 11 is 0. The van der Waals surface area contributed by atoms with Gasteiger partial charge in [-0.2, -0.15) is 0 Å². The Balaban J connectivity index is 2.01. The van der Waals surface area contributed by atoms with Crippen LogP contribution in [0, 0.1) is 6.92 Å². The first-order valence-corrected chi connectivity index (χ1v) is 7.38. The van der Waals surface area contributed by atoms with E-state index in [0.717, 1.165) is 43.0 Å². The summed E-state index contributed by atoms with van der Waals surface area (Å²) in [6.07, 6.45) is 2.79. The van der Waals surface area contributed by atoms with Gasteiger partial charge in [0.25, 0.3) is 0 Å². The Bertz CT molecular complexity index is 646. The third-order valence-corrected chi connectivity index (χ3v) is 4.18. The zero-order valence-electron chi connectivity index (χ0n) is 12.5. The van der Waals surface area contributed by atoms with E-state index >= 15 is 0 Å². The van der Waals surface area contributed by atoms with Gasteiger partial charge < -0.3 is 9.30 Å². The van der Waals surface area contributed by atoms with Crippen LogP contribution in [0.15, 0.2) is 30.3 Å². The fourth-order valence-corrected chi connectivity index (χ4v) is 3.16. The quantitative estimate of drug-likeness (QED) is 0.814. The SMILES string of the molecule is COC(=O)C1CCCc2nc(C)n(Cc3ccccc3)c21. The zero-order valence-corrected chi connectivity index (χ0v) is 12.5. The summed E-state index contributed by atoms with van der Waals surface area (Å²) < 4.78 is 7.15. The number of methoxy groups -OCH3 is 1. The van der Waals surface area contributed by atoms with Gasteiger partial charge in [0.05, 0.1) is 24.4 Å². The van der Waals surface area contributed by atoms with Crippen LogP contribution in [0.5, 0.6) is 0 Å². The average molecular weight is 284 g/mol. The standard InChI is InChI=1S/C17H20N2O2/c1-12-18-15-10-6-9-14(17(20)21-2)16(15)19(12)11-13-7-4-3-5-8-13/h3-5,7-8,14H,6,9-11H2,1-2H3. The topological polar surface area (TPSA) is 44.1 Å². The van der Waals surface area contributed by atoms with Crippen LogP contribution in [0.2, 0.25) is 0 Å². The van der Waals surface area contributed by atoms with Crippen LogP contribution in [-0.4, -0.2) is 22.6 Å². The highest BCUT2D eigenvalue weighted by Gasteiger charge is 2.32. The van der Waals surface area contributed by atoms with E-state index in [1.54, 1.807) is 0 Å². The van der Waals surface area contributed by atoms with Crippen molar-refractivity contribution in [3.8, 4) is 0 Å². The number of aromatic nitrogens is 2. The van der Waals surface area contributed by atoms with E-state index in [1.165, 1.54) is 12.7 Å². The molecule has 1 aromatic carbocycles. The summed E-state index contributed by atoms with van der Waals surface area (Å²) in [5.74, 6) is 0.647. The van der Waals surface area contributed by atoms with E-state index in [-0.39, 0.29) is 11.9 Å². The summed E-state index contributed by atoms with van der Waals surface area (Å²) in [6.45, 7) is 2.76. The van der Waals surface area contributed by atoms with Crippen molar-refractivity contribution in [3.63, 3.8) is 0 Å². The molecule has 0 fully saturated rings. The molecule has 0 N–H and O–H groups in total. The highest BCUT2D eigenvalue weighted by Crippen LogP contribution is 2.33. The maximum atomic E-state index is 12.1. The van der Waals surface area contributed by atoms with Gasteiger partial charge in [-0.1, -0.05) is 30.3 Å². The van der Waals surface area contributed by atoms with Crippen molar-refractivity contribution in [2.75, 3.05) is 7.11 Å². The second kappa shape index (κ2) is 5.72. The molecule has 1 aliphatic rings. The number of hydrogen-bond donors (Lipinski definition) is 0. The monoisotopic (exact) mass is 284 g/mol. The number of ether oxygens (including phenoxy) is 1. The minimum Gasteiger partial charge on any atom is -0.469 e. The maximum Gasteiger partial charge on any atom is 0.314 e. The molecule has 0 saturated carbocycles. The van der Waals surface area contributed by atoms with E-state index in [4.69, 9.17) is 4.74 Å². The normalized spacial score (nSPS) is 17.3. The fourth-order valence-electron chi connectivity index (χ4n) is 3.16. The van der Waals surface area contributed by atoms with Crippen molar-refractivity contribution in [2.45, 2.75) is 38.6 Å². The van der Waals surface area contributed by atoms with Gasteiger partial charge in [0.2, 0.25) is 0 Å². The number of benzene rings is 1. The number of nitrogens with zero attached hydrogens (tertiary/aromatic N) is 2. The third kappa shape index (κ3) is 2.58. The molecular formula is C17H20N2O2. The lowest BCUT2D eigenvalue weighted by Gasteiger charge is -2.22. The zero-order chi connectivity index (χ0) is 14.8. The van der Waals surface area contributed by atoms with Crippen molar-refractivity contribution in [1.82, 2.24) is 9.55 Å². The Labute approximate surface area is 124 Å². The Morgan fingerprint density at radius 1 is 1.38 bits per heavy atom. The van der Waals surface area contributed by atoms with Crippen LogP contribution in [-0.2, 0) is 22.5 Å². The number of esters is 1. The molecule has 2 aromatic rings. The maximum absolute atomic E-state index is 12.1. The molecule has 3 rings (SSSR count). The molecule has 21 heavy (non-hydrogen) atoms. The number of hydrogen-bond acceptors (Lipinski definition) is 3. The van der Waals surface area contributed by atoms with Crippen LogP contribution in [0.25, 0.3) is 0 Å². The second-order valence-corrected chi connectivity index (χ2v) is 5.53. The number of carbonyl (C=O) groups is 1. The van der Waals surface area contributed by atoms with Gasteiger partial charge in [0, 0.05) is 6.54 Å². The second-order valence-electron chi connectivity index (χ2n) is 5.53. The van der Waals surface area contributed by atoms with Gasteiger partial charge in [-0.05, 0) is 31.7 Å². The lowest BCUT2D eigenvalue weighted by atomic mass is 9.89. The van der Waals surface area contributed by atoms with Crippen molar-refractivity contribution < 1.29 is 9.53 Å². The smallest absolute Gasteiger partial charge is 0.314 e. The summed E-state index contributed by atoms with van der Waals surface area (Å²) in [5, 5.41) is 0. The first-order valence-electron chi connectivity index (χ1n) is 7.38. The molecule has 4 nitrogen and oxygen atoms in total. The van der Waals surface area contributed by atoms with Crippen LogP contribution < -0.4 is 0 Å². The Morgan fingerprint density at radius 2 is 2.14 bits per heavy atom. The minimum absolute atomic E-state index is 0.148. The summed E-state index contributed by atoms with van der Waals surface area (Å²) in [6, 6.07) is 10.3. The molecule has 0 aliphatic heterocycles. The van der Waals surface area contributed by atoms with Crippen LogP contribution in [0.4, 0.5) is 0 Å². The number of rotatable bonds is 3. The van der Waals surface area contributed by atoms with Gasteiger partial charge in [-0.15, -0.1) is 0 Å². The molecule has 0 amide bonds. The molecule has 4 heteroatoms. The molecule has 1 unspecified atom stereocenters. The van der Waals surface area contributed by atoms with Crippen LogP contribution >= 0.6 is 0 Å². The molecule has 1 aliphatic carbocycles. The van der Waals surface area contributed by atoms with E-state index in [2.05, 4.69) is 21.7 Å². The average Bonchev–Trinajstić information content (AvgIpc) is 2.83. The molecule has 0 spiro atoms. The van der Waals surface area contributed by atoms with E-state index in [0.29, 0.717) is 0 Å². The Hall–Kier alpha value is -2.10. The molecule has 1 atom stereocenters. The fraction of sp³-hybridized carbons (Fsp3) is 0.412. The van der Waals surface area contributed by atoms with E-state index in [1.807, 2.05) is 25.1 Å². The molecule has 110 valence electrons. The first kappa shape index (κ1) is 13.9. The molecule has 1 heterocycles. The highest BCUT2D eigenvalue weighted by atomic mass is 16.5. The molecule has 1 aromatic heterocycles. The molecule has 0 radical (unpaired) electrons. The number of imidazole rings is 1. The predicted octanol–water partition coefficient (Wildman–Crippen LogP) is 2.83. The highest BCUT2D eigenvalue weighted by molar-refractivity contribution is 5.78.